The number of para-hydroxylation sites is 1. The van der Waals surface area contributed by atoms with Gasteiger partial charge in [-0.15, -0.1) is 0 Å². The zero-order valence-electron chi connectivity index (χ0n) is 14.1. The van der Waals surface area contributed by atoms with E-state index >= 15 is 0 Å². The van der Waals surface area contributed by atoms with Crippen LogP contribution in [0.1, 0.15) is 32.6 Å². The lowest BCUT2D eigenvalue weighted by Gasteiger charge is -2.32. The number of hydrogen-bond acceptors (Lipinski definition) is 4. The summed E-state index contributed by atoms with van der Waals surface area (Å²) in [6, 6.07) is 9.49. The fourth-order valence-electron chi connectivity index (χ4n) is 2.67. The highest BCUT2D eigenvalue weighted by atomic mass is 32.2. The first-order valence-corrected chi connectivity index (χ1v) is 10.1. The molecule has 1 aromatic rings. The molecule has 1 aliphatic rings. The first-order valence-electron chi connectivity index (χ1n) is 8.46. The largest absolute Gasteiger partial charge is 0.494 e. The van der Waals surface area contributed by atoms with Crippen LogP contribution in [-0.2, 0) is 14.8 Å². The van der Waals surface area contributed by atoms with Crippen molar-refractivity contribution in [3.05, 3.63) is 30.3 Å². The fourth-order valence-corrected chi connectivity index (χ4v) is 3.58. The van der Waals surface area contributed by atoms with Crippen molar-refractivity contribution in [2.24, 2.45) is 0 Å². The fraction of sp³-hybridized carbons (Fsp3) is 0.588. The molecule has 1 N–H and O–H groups in total. The standard InChI is InChI=1S/C17H26N2O4S/c1-2-24(21,22)18-15-10-12-19(13-11-15)17(20)9-6-14-23-16-7-4-3-5-8-16/h3-5,7-8,15,18H,2,6,9-14H2,1H3. The maximum Gasteiger partial charge on any atom is 0.222 e. The molecule has 134 valence electrons. The van der Waals surface area contributed by atoms with Crippen LogP contribution in [0.15, 0.2) is 30.3 Å². The van der Waals surface area contributed by atoms with E-state index in [9.17, 15) is 13.2 Å². The van der Waals surface area contributed by atoms with E-state index < -0.39 is 10.0 Å². The highest BCUT2D eigenvalue weighted by Crippen LogP contribution is 2.14. The van der Waals surface area contributed by atoms with Crippen molar-refractivity contribution in [1.29, 1.82) is 0 Å². The summed E-state index contributed by atoms with van der Waals surface area (Å²) in [6.45, 7) is 3.35. The lowest BCUT2D eigenvalue weighted by molar-refractivity contribution is -0.132. The number of ether oxygens (including phenoxy) is 1. The summed E-state index contributed by atoms with van der Waals surface area (Å²) < 4.78 is 31.4. The number of nitrogens with one attached hydrogen (secondary N) is 1. The molecule has 1 heterocycles. The molecule has 7 heteroatoms. The molecule has 0 radical (unpaired) electrons. The van der Waals surface area contributed by atoms with Gasteiger partial charge in [-0.3, -0.25) is 4.79 Å². The molecule has 0 spiro atoms. The van der Waals surface area contributed by atoms with E-state index in [1.165, 1.54) is 0 Å². The molecule has 1 aliphatic heterocycles. The van der Waals surface area contributed by atoms with Gasteiger partial charge in [0.1, 0.15) is 5.75 Å². The van der Waals surface area contributed by atoms with Crippen LogP contribution in [0.2, 0.25) is 0 Å². The van der Waals surface area contributed by atoms with Crippen LogP contribution in [0.3, 0.4) is 0 Å². The molecule has 0 unspecified atom stereocenters. The number of likely N-dealkylation sites (tertiary alicyclic amines) is 1. The Balaban J connectivity index is 1.64. The number of carbonyl (C=O) groups excluding carboxylic acids is 1. The number of amides is 1. The van der Waals surface area contributed by atoms with Crippen molar-refractivity contribution in [1.82, 2.24) is 9.62 Å². The molecule has 1 saturated heterocycles. The zero-order chi connectivity index (χ0) is 17.4. The molecular formula is C17H26N2O4S. The summed E-state index contributed by atoms with van der Waals surface area (Å²) in [7, 11) is -3.17. The van der Waals surface area contributed by atoms with Gasteiger partial charge in [-0.1, -0.05) is 18.2 Å². The van der Waals surface area contributed by atoms with Gasteiger partial charge in [0.25, 0.3) is 0 Å². The Hall–Kier alpha value is -1.60. The quantitative estimate of drug-likeness (QED) is 0.722. The van der Waals surface area contributed by atoms with Crippen molar-refractivity contribution < 1.29 is 17.9 Å². The summed E-state index contributed by atoms with van der Waals surface area (Å²) in [5.74, 6) is 1.02. The number of benzene rings is 1. The van der Waals surface area contributed by atoms with Gasteiger partial charge in [0.05, 0.1) is 12.4 Å². The second kappa shape index (κ2) is 9.03. The van der Waals surface area contributed by atoms with E-state index in [0.717, 1.165) is 5.75 Å². The predicted molar refractivity (Wildman–Crippen MR) is 93.4 cm³/mol. The van der Waals surface area contributed by atoms with E-state index in [-0.39, 0.29) is 17.7 Å². The van der Waals surface area contributed by atoms with Gasteiger partial charge < -0.3 is 9.64 Å². The summed E-state index contributed by atoms with van der Waals surface area (Å²) in [4.78, 5) is 14.0. The third-order valence-electron chi connectivity index (χ3n) is 4.12. The third kappa shape index (κ3) is 6.13. The predicted octanol–water partition coefficient (Wildman–Crippen LogP) is 1.78. The van der Waals surface area contributed by atoms with Gasteiger partial charge in [0.15, 0.2) is 0 Å². The average molecular weight is 354 g/mol. The molecule has 0 aromatic heterocycles. The number of carbonyl (C=O) groups is 1. The Labute approximate surface area is 144 Å². The smallest absolute Gasteiger partial charge is 0.222 e. The second-order valence-electron chi connectivity index (χ2n) is 5.94. The summed E-state index contributed by atoms with van der Waals surface area (Å²) in [5, 5.41) is 0. The minimum Gasteiger partial charge on any atom is -0.494 e. The Bertz CT molecular complexity index is 611. The van der Waals surface area contributed by atoms with Crippen molar-refractivity contribution >= 4 is 15.9 Å². The number of hydrogen-bond donors (Lipinski definition) is 1. The average Bonchev–Trinajstić information content (AvgIpc) is 2.60. The molecule has 0 saturated carbocycles. The van der Waals surface area contributed by atoms with E-state index in [1.807, 2.05) is 35.2 Å². The van der Waals surface area contributed by atoms with Crippen LogP contribution in [0.5, 0.6) is 5.75 Å². The molecule has 1 amide bonds. The first kappa shape index (κ1) is 18.7. The Morgan fingerprint density at radius 1 is 1.25 bits per heavy atom. The molecule has 0 atom stereocenters. The topological polar surface area (TPSA) is 75.7 Å². The summed E-state index contributed by atoms with van der Waals surface area (Å²) in [5.41, 5.74) is 0. The molecule has 1 fully saturated rings. The van der Waals surface area contributed by atoms with Crippen molar-refractivity contribution in [3.8, 4) is 5.75 Å². The number of piperidine rings is 1. The summed E-state index contributed by atoms with van der Waals surface area (Å²) >= 11 is 0. The molecule has 0 bridgehead atoms. The molecule has 0 aliphatic carbocycles. The highest BCUT2D eigenvalue weighted by Gasteiger charge is 2.24. The van der Waals surface area contributed by atoms with Gasteiger partial charge in [0, 0.05) is 25.6 Å². The normalized spacial score (nSPS) is 16.1. The first-order chi connectivity index (χ1) is 11.5. The lowest BCUT2D eigenvalue weighted by atomic mass is 10.1. The SMILES string of the molecule is CCS(=O)(=O)NC1CCN(C(=O)CCCOc2ccccc2)CC1. The van der Waals surface area contributed by atoms with Gasteiger partial charge >= 0.3 is 0 Å². The van der Waals surface area contributed by atoms with Gasteiger partial charge in [0.2, 0.25) is 15.9 Å². The zero-order valence-corrected chi connectivity index (χ0v) is 14.9. The minimum absolute atomic E-state index is 0.0552. The molecular weight excluding hydrogens is 328 g/mol. The molecule has 6 nitrogen and oxygen atoms in total. The second-order valence-corrected chi connectivity index (χ2v) is 7.98. The van der Waals surface area contributed by atoms with Crippen LogP contribution in [-0.4, -0.2) is 50.7 Å². The summed E-state index contributed by atoms with van der Waals surface area (Å²) in [6.07, 6.45) is 2.48. The van der Waals surface area contributed by atoms with Gasteiger partial charge in [-0.25, -0.2) is 13.1 Å². The molecule has 2 rings (SSSR count). The van der Waals surface area contributed by atoms with E-state index in [0.29, 0.717) is 45.4 Å². The number of nitrogens with zero attached hydrogens (tertiary/aromatic N) is 1. The third-order valence-corrected chi connectivity index (χ3v) is 5.57. The Morgan fingerprint density at radius 2 is 1.92 bits per heavy atom. The van der Waals surface area contributed by atoms with Gasteiger partial charge in [-0.2, -0.15) is 0 Å². The highest BCUT2D eigenvalue weighted by molar-refractivity contribution is 7.89. The lowest BCUT2D eigenvalue weighted by Crippen LogP contribution is -2.46. The van der Waals surface area contributed by atoms with Gasteiger partial charge in [-0.05, 0) is 38.3 Å². The number of rotatable bonds is 8. The van der Waals surface area contributed by atoms with Crippen molar-refractivity contribution in [2.45, 2.75) is 38.6 Å². The monoisotopic (exact) mass is 354 g/mol. The van der Waals surface area contributed by atoms with Crippen molar-refractivity contribution in [3.63, 3.8) is 0 Å². The number of sulfonamides is 1. The molecule has 1 aromatic carbocycles. The maximum atomic E-state index is 12.2. The van der Waals surface area contributed by atoms with E-state index in [4.69, 9.17) is 4.74 Å². The van der Waals surface area contributed by atoms with E-state index in [1.54, 1.807) is 6.92 Å². The maximum absolute atomic E-state index is 12.2. The van der Waals surface area contributed by atoms with E-state index in [2.05, 4.69) is 4.72 Å². The van der Waals surface area contributed by atoms with Crippen LogP contribution >= 0.6 is 0 Å². The molecule has 24 heavy (non-hydrogen) atoms. The van der Waals surface area contributed by atoms with Crippen LogP contribution in [0.4, 0.5) is 0 Å². The van der Waals surface area contributed by atoms with Crippen molar-refractivity contribution in [2.75, 3.05) is 25.4 Å². The minimum atomic E-state index is -3.17. The van der Waals surface area contributed by atoms with Crippen LogP contribution in [0.25, 0.3) is 0 Å². The Morgan fingerprint density at radius 3 is 2.54 bits per heavy atom. The van der Waals surface area contributed by atoms with Crippen LogP contribution < -0.4 is 9.46 Å². The Kier molecular flexibility index (Phi) is 7.05. The van der Waals surface area contributed by atoms with Crippen LogP contribution in [0, 0.1) is 0 Å².